The van der Waals surface area contributed by atoms with Crippen molar-refractivity contribution in [1.82, 2.24) is 0 Å². The minimum absolute atomic E-state index is 0.346. The third kappa shape index (κ3) is 1.28. The summed E-state index contributed by atoms with van der Waals surface area (Å²) in [4.78, 5) is 29.5. The predicted molar refractivity (Wildman–Crippen MR) is 50.8 cm³/mol. The van der Waals surface area contributed by atoms with Gasteiger partial charge in [-0.1, -0.05) is 12.2 Å². The number of carbonyl (C=O) groups excluding carboxylic acids is 2. The summed E-state index contributed by atoms with van der Waals surface area (Å²) in [6.45, 7) is 0. The standard InChI is InChI=1S/C9H7N3O2/c10-8(13)5-1-2-7-6(3-5)9(14)12-4-11-7/h1-5H,(H2,10,13). The van der Waals surface area contributed by atoms with Crippen molar-refractivity contribution in [1.29, 1.82) is 0 Å². The van der Waals surface area contributed by atoms with Crippen LogP contribution < -0.4 is 5.73 Å². The highest BCUT2D eigenvalue weighted by molar-refractivity contribution is 6.31. The molecule has 5 nitrogen and oxygen atoms in total. The van der Waals surface area contributed by atoms with Crippen molar-refractivity contribution in [3.8, 4) is 0 Å². The number of hydrogen-bond donors (Lipinski definition) is 1. The molecule has 1 heterocycles. The van der Waals surface area contributed by atoms with Crippen LogP contribution in [0.1, 0.15) is 0 Å². The second-order valence-corrected chi connectivity index (χ2v) is 2.93. The first-order valence-corrected chi connectivity index (χ1v) is 4.03. The lowest BCUT2D eigenvalue weighted by Crippen LogP contribution is -2.26. The zero-order valence-corrected chi connectivity index (χ0v) is 7.18. The van der Waals surface area contributed by atoms with E-state index in [1.165, 1.54) is 12.4 Å². The normalized spacial score (nSPS) is 24.0. The third-order valence-electron chi connectivity index (χ3n) is 2.01. The van der Waals surface area contributed by atoms with Gasteiger partial charge in [-0.15, -0.1) is 0 Å². The molecule has 14 heavy (non-hydrogen) atoms. The molecule has 2 rings (SSSR count). The molecule has 1 unspecified atom stereocenters. The Morgan fingerprint density at radius 3 is 3.00 bits per heavy atom. The summed E-state index contributed by atoms with van der Waals surface area (Å²) in [6, 6.07) is 0. The molecule has 0 aromatic carbocycles. The van der Waals surface area contributed by atoms with Gasteiger partial charge in [-0.25, -0.2) is 4.99 Å². The number of aliphatic imine (C=N–C) groups is 2. The predicted octanol–water partition coefficient (Wildman–Crippen LogP) is -0.406. The van der Waals surface area contributed by atoms with Gasteiger partial charge in [0.05, 0.1) is 17.2 Å². The van der Waals surface area contributed by atoms with E-state index >= 15 is 0 Å². The van der Waals surface area contributed by atoms with Gasteiger partial charge in [-0.3, -0.25) is 9.59 Å². The van der Waals surface area contributed by atoms with Gasteiger partial charge >= 0.3 is 0 Å². The number of primary amides is 1. The van der Waals surface area contributed by atoms with Crippen LogP contribution in [0, 0.1) is 5.92 Å². The SMILES string of the molecule is NC(=O)C1C=CC2=NC=NC(=O)C2=C1. The van der Waals surface area contributed by atoms with Crippen molar-refractivity contribution in [2.24, 2.45) is 21.6 Å². The Morgan fingerprint density at radius 2 is 2.29 bits per heavy atom. The highest BCUT2D eigenvalue weighted by atomic mass is 16.2. The molecule has 2 aliphatic rings. The van der Waals surface area contributed by atoms with E-state index in [2.05, 4.69) is 9.98 Å². The van der Waals surface area contributed by atoms with Crippen molar-refractivity contribution >= 4 is 23.9 Å². The summed E-state index contributed by atoms with van der Waals surface area (Å²) in [5.74, 6) is -1.41. The van der Waals surface area contributed by atoms with E-state index in [0.29, 0.717) is 11.3 Å². The number of allylic oxidation sites excluding steroid dienone is 1. The van der Waals surface area contributed by atoms with E-state index < -0.39 is 11.8 Å². The summed E-state index contributed by atoms with van der Waals surface area (Å²) < 4.78 is 0. The molecule has 1 aliphatic heterocycles. The number of carbonyl (C=O) groups is 2. The molecule has 1 atom stereocenters. The minimum Gasteiger partial charge on any atom is -0.369 e. The Hall–Kier alpha value is -2.04. The van der Waals surface area contributed by atoms with Crippen LogP contribution in [-0.4, -0.2) is 23.9 Å². The molecular formula is C9H7N3O2. The summed E-state index contributed by atoms with van der Waals surface area (Å²) >= 11 is 0. The summed E-state index contributed by atoms with van der Waals surface area (Å²) in [7, 11) is 0. The number of hydrogen-bond acceptors (Lipinski definition) is 3. The van der Waals surface area contributed by atoms with Crippen LogP contribution in [0.15, 0.2) is 33.8 Å². The van der Waals surface area contributed by atoms with E-state index in [4.69, 9.17) is 5.73 Å². The van der Waals surface area contributed by atoms with Crippen molar-refractivity contribution in [3.63, 3.8) is 0 Å². The van der Waals surface area contributed by atoms with E-state index in [-0.39, 0.29) is 5.91 Å². The second kappa shape index (κ2) is 3.02. The Kier molecular flexibility index (Phi) is 1.85. The molecule has 0 aromatic rings. The lowest BCUT2D eigenvalue weighted by atomic mass is 9.94. The molecular weight excluding hydrogens is 182 g/mol. The maximum Gasteiger partial charge on any atom is 0.280 e. The Morgan fingerprint density at radius 1 is 1.50 bits per heavy atom. The highest BCUT2D eigenvalue weighted by Crippen LogP contribution is 2.17. The quantitative estimate of drug-likeness (QED) is 0.608. The maximum atomic E-state index is 11.3. The van der Waals surface area contributed by atoms with Crippen LogP contribution in [0.3, 0.4) is 0 Å². The summed E-state index contributed by atoms with van der Waals surface area (Å²) in [6.07, 6.45) is 5.90. The molecule has 0 saturated carbocycles. The lowest BCUT2D eigenvalue weighted by Gasteiger charge is -2.14. The first-order valence-electron chi connectivity index (χ1n) is 4.03. The van der Waals surface area contributed by atoms with E-state index in [9.17, 15) is 9.59 Å². The van der Waals surface area contributed by atoms with Crippen molar-refractivity contribution in [2.45, 2.75) is 0 Å². The molecule has 0 saturated heterocycles. The van der Waals surface area contributed by atoms with Gasteiger partial charge < -0.3 is 5.73 Å². The highest BCUT2D eigenvalue weighted by Gasteiger charge is 2.23. The van der Waals surface area contributed by atoms with Crippen LogP contribution in [0.4, 0.5) is 0 Å². The second-order valence-electron chi connectivity index (χ2n) is 2.93. The van der Waals surface area contributed by atoms with Crippen molar-refractivity contribution in [3.05, 3.63) is 23.8 Å². The van der Waals surface area contributed by atoms with Gasteiger partial charge in [-0.2, -0.15) is 4.99 Å². The number of fused-ring (bicyclic) bond motifs is 1. The fourth-order valence-corrected chi connectivity index (χ4v) is 1.29. The zero-order valence-electron chi connectivity index (χ0n) is 7.18. The monoisotopic (exact) mass is 189 g/mol. The zero-order chi connectivity index (χ0) is 10.1. The largest absolute Gasteiger partial charge is 0.369 e. The summed E-state index contributed by atoms with van der Waals surface area (Å²) in [5, 5.41) is 0. The van der Waals surface area contributed by atoms with Gasteiger partial charge in [0.25, 0.3) is 5.91 Å². The van der Waals surface area contributed by atoms with E-state index in [0.717, 1.165) is 0 Å². The molecule has 70 valence electrons. The topological polar surface area (TPSA) is 84.9 Å². The fraction of sp³-hybridized carbons (Fsp3) is 0.111. The van der Waals surface area contributed by atoms with Crippen LogP contribution >= 0.6 is 0 Å². The Labute approximate surface area is 79.7 Å². The third-order valence-corrected chi connectivity index (χ3v) is 2.01. The van der Waals surface area contributed by atoms with E-state index in [1.807, 2.05) is 0 Å². The van der Waals surface area contributed by atoms with Crippen molar-refractivity contribution < 1.29 is 9.59 Å². The molecule has 0 radical (unpaired) electrons. The first kappa shape index (κ1) is 8.55. The molecule has 0 spiro atoms. The number of nitrogens with zero attached hydrogens (tertiary/aromatic N) is 2. The van der Waals surface area contributed by atoms with Crippen LogP contribution in [0.2, 0.25) is 0 Å². The number of amides is 2. The molecule has 0 bridgehead atoms. The van der Waals surface area contributed by atoms with Crippen molar-refractivity contribution in [2.75, 3.05) is 0 Å². The Bertz CT molecular complexity index is 429. The molecule has 2 amide bonds. The Balaban J connectivity index is 2.41. The average Bonchev–Trinajstić information content (AvgIpc) is 2.18. The van der Waals surface area contributed by atoms with Gasteiger partial charge in [0.2, 0.25) is 5.91 Å². The number of rotatable bonds is 1. The molecule has 0 fully saturated rings. The number of nitrogens with two attached hydrogens (primary N) is 1. The molecule has 2 N–H and O–H groups in total. The molecule has 1 aliphatic carbocycles. The summed E-state index contributed by atoms with van der Waals surface area (Å²) in [5.41, 5.74) is 5.99. The molecule has 5 heteroatoms. The fourth-order valence-electron chi connectivity index (χ4n) is 1.29. The van der Waals surface area contributed by atoms with Crippen LogP contribution in [0.5, 0.6) is 0 Å². The van der Waals surface area contributed by atoms with Gasteiger partial charge in [-0.05, 0) is 6.08 Å². The van der Waals surface area contributed by atoms with Gasteiger partial charge in [0.1, 0.15) is 6.34 Å². The van der Waals surface area contributed by atoms with E-state index in [1.54, 1.807) is 12.2 Å². The average molecular weight is 189 g/mol. The van der Waals surface area contributed by atoms with Crippen LogP contribution in [0.25, 0.3) is 0 Å². The maximum absolute atomic E-state index is 11.3. The van der Waals surface area contributed by atoms with Gasteiger partial charge in [0, 0.05) is 0 Å². The molecule has 0 aromatic heterocycles. The first-order chi connectivity index (χ1) is 6.68. The lowest BCUT2D eigenvalue weighted by molar-refractivity contribution is -0.119. The van der Waals surface area contributed by atoms with Crippen LogP contribution in [-0.2, 0) is 9.59 Å². The van der Waals surface area contributed by atoms with Gasteiger partial charge in [0.15, 0.2) is 0 Å². The minimum atomic E-state index is -0.541. The smallest absolute Gasteiger partial charge is 0.280 e.